The van der Waals surface area contributed by atoms with Crippen molar-refractivity contribution >= 4 is 57.8 Å². The average Bonchev–Trinajstić information content (AvgIpc) is 3.34. The Morgan fingerprint density at radius 2 is 1.60 bits per heavy atom. The number of rotatable bonds is 17. The molecule has 9 nitrogen and oxygen atoms in total. The predicted octanol–water partition coefficient (Wildman–Crippen LogP) is 7.09. The van der Waals surface area contributed by atoms with Crippen LogP contribution in [0.3, 0.4) is 0 Å². The van der Waals surface area contributed by atoms with Crippen LogP contribution in [0.4, 0.5) is 15.9 Å². The Hall–Kier alpha value is -3.69. The van der Waals surface area contributed by atoms with Gasteiger partial charge in [0.25, 0.3) is 11.5 Å². The number of anilines is 2. The summed E-state index contributed by atoms with van der Waals surface area (Å²) in [5.41, 5.74) is 1.50. The first-order chi connectivity index (χ1) is 23.2. The maximum absolute atomic E-state index is 14.6. The van der Waals surface area contributed by atoms with Crippen LogP contribution in [0.2, 0.25) is 0 Å². The molecule has 3 heterocycles. The number of piperazine rings is 1. The number of amides is 1. The molecule has 1 amide bonds. The van der Waals surface area contributed by atoms with E-state index in [2.05, 4.69) is 17.9 Å². The molecule has 1 N–H and O–H groups in total. The van der Waals surface area contributed by atoms with E-state index in [9.17, 15) is 24.0 Å². The number of carboxylic acid groups (broad SMARTS) is 1. The molecule has 0 spiro atoms. The number of benzene rings is 1. The van der Waals surface area contributed by atoms with E-state index in [0.717, 1.165) is 64.2 Å². The zero-order valence-corrected chi connectivity index (χ0v) is 29.6. The standard InChI is InChI=1S/C36H46FN5O4S2/c1-3-4-18-41-33(40-22-20-39(21-23-40)30-16-13-12-15-29(30)37)27(26(2)28(25-38)34(41)45)24-31-35(46)42(36(47)48-31)19-14-10-8-6-5-7-9-11-17-32(43)44/h12-13,15-16,24H,3-11,14,17-23H2,1-2H3,(H,43,44)/b31-24-. The number of aliphatic carboxylic acids is 1. The maximum atomic E-state index is 14.6. The SMILES string of the molecule is CCCCn1c(N2CCN(c3ccccc3F)CC2)c(/C=C2\SC(=S)N(CCCCCCCCCCC(=O)O)C2=O)c(C)c(C#N)c1=O. The Balaban J connectivity index is 1.51. The van der Waals surface area contributed by atoms with Crippen LogP contribution < -0.4 is 15.4 Å². The molecule has 2 aliphatic rings. The third kappa shape index (κ3) is 9.26. The lowest BCUT2D eigenvalue weighted by Crippen LogP contribution is -2.49. The van der Waals surface area contributed by atoms with Gasteiger partial charge in [-0.1, -0.05) is 88.0 Å². The van der Waals surface area contributed by atoms with Gasteiger partial charge in [0.2, 0.25) is 0 Å². The topological polar surface area (TPSA) is 110 Å². The van der Waals surface area contributed by atoms with Gasteiger partial charge in [-0.25, -0.2) is 4.39 Å². The highest BCUT2D eigenvalue weighted by Crippen LogP contribution is 2.36. The number of unbranched alkanes of at least 4 members (excludes halogenated alkanes) is 8. The maximum Gasteiger partial charge on any atom is 0.303 e. The molecule has 2 aliphatic heterocycles. The number of para-hydroxylation sites is 1. The van der Waals surface area contributed by atoms with Crippen molar-refractivity contribution in [2.24, 2.45) is 0 Å². The van der Waals surface area contributed by atoms with Gasteiger partial charge in [-0.15, -0.1) is 0 Å². The second-order valence-corrected chi connectivity index (χ2v) is 14.1. The highest BCUT2D eigenvalue weighted by atomic mass is 32.2. The lowest BCUT2D eigenvalue weighted by atomic mass is 10.0. The largest absolute Gasteiger partial charge is 0.481 e. The van der Waals surface area contributed by atoms with E-state index in [4.69, 9.17) is 17.3 Å². The van der Waals surface area contributed by atoms with Crippen molar-refractivity contribution in [2.45, 2.75) is 91.0 Å². The molecule has 0 saturated carbocycles. The van der Waals surface area contributed by atoms with Gasteiger partial charge in [-0.05, 0) is 50.0 Å². The van der Waals surface area contributed by atoms with Crippen LogP contribution in [-0.2, 0) is 16.1 Å². The van der Waals surface area contributed by atoms with Crippen LogP contribution in [0.1, 0.15) is 94.2 Å². The molecular weight excluding hydrogens is 650 g/mol. The molecule has 1 aromatic heterocycles. The third-order valence-corrected chi connectivity index (χ3v) is 10.4. The molecule has 0 bridgehead atoms. The first-order valence-corrected chi connectivity index (χ1v) is 18.3. The van der Waals surface area contributed by atoms with Gasteiger partial charge >= 0.3 is 5.97 Å². The summed E-state index contributed by atoms with van der Waals surface area (Å²) < 4.78 is 16.8. The average molecular weight is 696 g/mol. The number of thiocarbonyl (C=S) groups is 1. The summed E-state index contributed by atoms with van der Waals surface area (Å²) in [7, 11) is 0. The number of aromatic nitrogens is 1. The molecule has 0 atom stereocenters. The Labute approximate surface area is 292 Å². The van der Waals surface area contributed by atoms with Crippen molar-refractivity contribution in [3.63, 3.8) is 0 Å². The van der Waals surface area contributed by atoms with Crippen LogP contribution in [0, 0.1) is 24.1 Å². The number of nitriles is 1. The molecule has 4 rings (SSSR count). The van der Waals surface area contributed by atoms with Crippen molar-refractivity contribution in [3.8, 4) is 6.07 Å². The summed E-state index contributed by atoms with van der Waals surface area (Å²) in [6, 6.07) is 8.84. The Kier molecular flexibility index (Phi) is 14.1. The molecule has 48 heavy (non-hydrogen) atoms. The summed E-state index contributed by atoms with van der Waals surface area (Å²) in [4.78, 5) is 44.2. The molecule has 1 aromatic carbocycles. The summed E-state index contributed by atoms with van der Waals surface area (Å²) >= 11 is 6.89. The molecule has 258 valence electrons. The van der Waals surface area contributed by atoms with Crippen LogP contribution in [0.25, 0.3) is 6.08 Å². The summed E-state index contributed by atoms with van der Waals surface area (Å²) in [6.45, 7) is 6.96. The smallest absolute Gasteiger partial charge is 0.303 e. The van der Waals surface area contributed by atoms with Gasteiger partial charge in [0.05, 0.1) is 10.6 Å². The molecule has 0 radical (unpaired) electrons. The lowest BCUT2D eigenvalue weighted by molar-refractivity contribution is -0.137. The van der Waals surface area contributed by atoms with Gasteiger partial charge in [-0.2, -0.15) is 5.26 Å². The minimum absolute atomic E-state index is 0.0726. The van der Waals surface area contributed by atoms with Crippen LogP contribution in [0.5, 0.6) is 0 Å². The van der Waals surface area contributed by atoms with E-state index in [1.54, 1.807) is 34.6 Å². The highest BCUT2D eigenvalue weighted by molar-refractivity contribution is 8.26. The summed E-state index contributed by atoms with van der Waals surface area (Å²) in [5.74, 6) is -0.488. The molecule has 12 heteroatoms. The molecule has 2 saturated heterocycles. The number of thioether (sulfide) groups is 1. The minimum atomic E-state index is -0.740. The number of hydrogen-bond donors (Lipinski definition) is 1. The molecule has 0 aliphatic carbocycles. The Bertz CT molecular complexity index is 1610. The minimum Gasteiger partial charge on any atom is -0.481 e. The second kappa shape index (κ2) is 18.2. The fraction of sp³-hybridized carbons (Fsp3) is 0.528. The van der Waals surface area contributed by atoms with Crippen molar-refractivity contribution in [1.29, 1.82) is 5.26 Å². The van der Waals surface area contributed by atoms with Crippen LogP contribution >= 0.6 is 24.0 Å². The van der Waals surface area contributed by atoms with Gasteiger partial charge in [0, 0.05) is 51.3 Å². The Morgan fingerprint density at radius 1 is 0.979 bits per heavy atom. The molecule has 2 fully saturated rings. The van der Waals surface area contributed by atoms with Crippen LogP contribution in [0.15, 0.2) is 34.0 Å². The molecule has 0 unspecified atom stereocenters. The second-order valence-electron chi connectivity index (χ2n) is 12.4. The monoisotopic (exact) mass is 695 g/mol. The van der Waals surface area contributed by atoms with Crippen molar-refractivity contribution in [3.05, 3.63) is 62.0 Å². The summed E-state index contributed by atoms with van der Waals surface area (Å²) in [5, 5.41) is 18.8. The number of pyridine rings is 1. The number of halogens is 1. The number of carbonyl (C=O) groups excluding carboxylic acids is 1. The number of hydrogen-bond acceptors (Lipinski definition) is 8. The van der Waals surface area contributed by atoms with Crippen molar-refractivity contribution < 1.29 is 19.1 Å². The van der Waals surface area contributed by atoms with Crippen molar-refractivity contribution in [2.75, 3.05) is 42.5 Å². The van der Waals surface area contributed by atoms with Gasteiger partial charge in [0.15, 0.2) is 0 Å². The fourth-order valence-electron chi connectivity index (χ4n) is 6.31. The van der Waals surface area contributed by atoms with E-state index in [1.165, 1.54) is 17.8 Å². The first-order valence-electron chi connectivity index (χ1n) is 17.1. The van der Waals surface area contributed by atoms with Crippen molar-refractivity contribution in [1.82, 2.24) is 9.47 Å². The quantitative estimate of drug-likeness (QED) is 0.105. The normalized spacial score (nSPS) is 15.9. The number of carboxylic acids is 1. The number of carbonyl (C=O) groups is 2. The van der Waals surface area contributed by atoms with Gasteiger partial charge in [-0.3, -0.25) is 23.9 Å². The van der Waals surface area contributed by atoms with E-state index in [1.807, 2.05) is 11.0 Å². The van der Waals surface area contributed by atoms with E-state index < -0.39 is 5.97 Å². The lowest BCUT2D eigenvalue weighted by Gasteiger charge is -2.39. The molecular formula is C36H46FN5O4S2. The molecule has 2 aromatic rings. The predicted molar refractivity (Wildman–Crippen MR) is 195 cm³/mol. The summed E-state index contributed by atoms with van der Waals surface area (Å²) in [6.07, 6.45) is 11.4. The van der Waals surface area contributed by atoms with Gasteiger partial charge in [0.1, 0.15) is 27.6 Å². The van der Waals surface area contributed by atoms with E-state index in [-0.39, 0.29) is 29.3 Å². The zero-order chi connectivity index (χ0) is 34.6. The van der Waals surface area contributed by atoms with Gasteiger partial charge < -0.3 is 14.9 Å². The van der Waals surface area contributed by atoms with E-state index in [0.29, 0.717) is 71.1 Å². The van der Waals surface area contributed by atoms with Crippen LogP contribution in [-0.4, -0.2) is 63.5 Å². The highest BCUT2D eigenvalue weighted by Gasteiger charge is 2.33. The third-order valence-electron chi connectivity index (χ3n) is 9.03. The van der Waals surface area contributed by atoms with E-state index >= 15 is 0 Å². The number of nitrogens with zero attached hydrogens (tertiary/aromatic N) is 5. The first kappa shape index (κ1) is 37.1. The fourth-order valence-corrected chi connectivity index (χ4v) is 7.60. The zero-order valence-electron chi connectivity index (χ0n) is 28.0. The Morgan fingerprint density at radius 3 is 2.23 bits per heavy atom.